The van der Waals surface area contributed by atoms with Gasteiger partial charge in [0, 0.05) is 5.56 Å². The Kier molecular flexibility index (Phi) is 5.21. The monoisotopic (exact) mass is 314 g/mol. The Bertz CT molecular complexity index is 719. The van der Waals surface area contributed by atoms with Gasteiger partial charge in [0.15, 0.2) is 0 Å². The minimum absolute atomic E-state index is 0.0736. The van der Waals surface area contributed by atoms with Crippen LogP contribution in [0, 0.1) is 20.8 Å². The molecule has 1 aromatic heterocycles. The van der Waals surface area contributed by atoms with E-state index in [4.69, 9.17) is 4.42 Å². The van der Waals surface area contributed by atoms with Gasteiger partial charge in [0.1, 0.15) is 11.5 Å². The molecule has 0 saturated heterocycles. The molecule has 1 heterocycles. The normalized spacial score (nSPS) is 11.8. The van der Waals surface area contributed by atoms with Crippen molar-refractivity contribution >= 4 is 11.8 Å². The van der Waals surface area contributed by atoms with Gasteiger partial charge in [-0.1, -0.05) is 6.07 Å². The summed E-state index contributed by atoms with van der Waals surface area (Å²) in [5.41, 5.74) is 2.72. The predicted molar refractivity (Wildman–Crippen MR) is 88.3 cm³/mol. The summed E-state index contributed by atoms with van der Waals surface area (Å²) in [6.07, 6.45) is 0. The highest BCUT2D eigenvalue weighted by Gasteiger charge is 2.14. The summed E-state index contributed by atoms with van der Waals surface area (Å²) < 4.78 is 5.46. The number of aryl methyl sites for hydroxylation is 3. The number of hydrogen-bond donors (Lipinski definition) is 2. The predicted octanol–water partition coefficient (Wildman–Crippen LogP) is 2.81. The van der Waals surface area contributed by atoms with E-state index in [0.717, 1.165) is 16.9 Å². The van der Waals surface area contributed by atoms with Gasteiger partial charge in [0.05, 0.1) is 12.6 Å². The number of hydrogen-bond acceptors (Lipinski definition) is 3. The average molecular weight is 314 g/mol. The number of carbonyl (C=O) groups excluding carboxylic acids is 2. The fraction of sp³-hybridized carbons (Fsp3) is 0.333. The smallest absolute Gasteiger partial charge is 0.251 e. The number of rotatable bonds is 5. The second-order valence-electron chi connectivity index (χ2n) is 5.72. The Morgan fingerprint density at radius 3 is 2.43 bits per heavy atom. The Morgan fingerprint density at radius 2 is 1.83 bits per heavy atom. The van der Waals surface area contributed by atoms with Crippen molar-refractivity contribution in [1.29, 1.82) is 0 Å². The molecule has 0 spiro atoms. The Balaban J connectivity index is 1.86. The molecular formula is C18H22N2O3. The fourth-order valence-electron chi connectivity index (χ4n) is 2.20. The van der Waals surface area contributed by atoms with Gasteiger partial charge < -0.3 is 15.1 Å². The molecule has 122 valence electrons. The van der Waals surface area contributed by atoms with Gasteiger partial charge in [-0.15, -0.1) is 0 Å². The SMILES string of the molecule is Cc1ccc(C(C)NC(=O)CNC(=O)c2ccc(C)c(C)c2)o1. The van der Waals surface area contributed by atoms with Crippen LogP contribution in [0.25, 0.3) is 0 Å². The van der Waals surface area contributed by atoms with Crippen LogP contribution in [0.1, 0.15) is 46.0 Å². The van der Waals surface area contributed by atoms with E-state index >= 15 is 0 Å². The topological polar surface area (TPSA) is 71.3 Å². The van der Waals surface area contributed by atoms with E-state index in [1.165, 1.54) is 0 Å². The molecule has 1 aromatic carbocycles. The minimum Gasteiger partial charge on any atom is -0.464 e. The molecular weight excluding hydrogens is 292 g/mol. The van der Waals surface area contributed by atoms with E-state index in [0.29, 0.717) is 11.3 Å². The highest BCUT2D eigenvalue weighted by Crippen LogP contribution is 2.15. The number of nitrogens with one attached hydrogen (secondary N) is 2. The van der Waals surface area contributed by atoms with Gasteiger partial charge in [-0.05, 0) is 63.1 Å². The Morgan fingerprint density at radius 1 is 1.09 bits per heavy atom. The number of benzene rings is 1. The molecule has 5 heteroatoms. The average Bonchev–Trinajstić information content (AvgIpc) is 2.94. The van der Waals surface area contributed by atoms with E-state index in [9.17, 15) is 9.59 Å². The van der Waals surface area contributed by atoms with E-state index in [1.54, 1.807) is 6.07 Å². The molecule has 0 radical (unpaired) electrons. The molecule has 0 bridgehead atoms. The summed E-state index contributed by atoms with van der Waals surface area (Å²) >= 11 is 0. The van der Waals surface area contributed by atoms with Crippen LogP contribution in [0.3, 0.4) is 0 Å². The van der Waals surface area contributed by atoms with E-state index < -0.39 is 0 Å². The van der Waals surface area contributed by atoms with Crippen LogP contribution in [-0.4, -0.2) is 18.4 Å². The van der Waals surface area contributed by atoms with Crippen molar-refractivity contribution in [2.45, 2.75) is 33.7 Å². The first-order valence-electron chi connectivity index (χ1n) is 7.58. The van der Waals surface area contributed by atoms with Crippen LogP contribution in [0.2, 0.25) is 0 Å². The molecule has 2 aromatic rings. The fourth-order valence-corrected chi connectivity index (χ4v) is 2.20. The van der Waals surface area contributed by atoms with Crippen molar-refractivity contribution in [3.05, 3.63) is 58.5 Å². The van der Waals surface area contributed by atoms with Crippen molar-refractivity contribution in [1.82, 2.24) is 10.6 Å². The van der Waals surface area contributed by atoms with Gasteiger partial charge in [-0.25, -0.2) is 0 Å². The maximum atomic E-state index is 12.1. The van der Waals surface area contributed by atoms with E-state index in [2.05, 4.69) is 10.6 Å². The first kappa shape index (κ1) is 16.8. The molecule has 1 atom stereocenters. The van der Waals surface area contributed by atoms with Crippen molar-refractivity contribution in [3.63, 3.8) is 0 Å². The summed E-state index contributed by atoms with van der Waals surface area (Å²) in [4.78, 5) is 24.0. The molecule has 5 nitrogen and oxygen atoms in total. The quantitative estimate of drug-likeness (QED) is 0.891. The number of amides is 2. The molecule has 0 aliphatic rings. The summed E-state index contributed by atoms with van der Waals surface area (Å²) in [7, 11) is 0. The minimum atomic E-state index is -0.260. The molecule has 0 fully saturated rings. The van der Waals surface area contributed by atoms with Crippen molar-refractivity contribution in [3.8, 4) is 0 Å². The lowest BCUT2D eigenvalue weighted by Gasteiger charge is -2.12. The zero-order valence-corrected chi connectivity index (χ0v) is 13.9. The van der Waals surface area contributed by atoms with E-state index in [1.807, 2.05) is 52.0 Å². The first-order chi connectivity index (χ1) is 10.9. The first-order valence-corrected chi connectivity index (χ1v) is 7.58. The largest absolute Gasteiger partial charge is 0.464 e. The molecule has 23 heavy (non-hydrogen) atoms. The zero-order chi connectivity index (χ0) is 17.0. The third kappa shape index (κ3) is 4.45. The summed E-state index contributed by atoms with van der Waals surface area (Å²) in [5.74, 6) is 0.967. The van der Waals surface area contributed by atoms with Gasteiger partial charge in [0.2, 0.25) is 5.91 Å². The van der Waals surface area contributed by atoms with Crippen molar-refractivity contribution in [2.24, 2.45) is 0 Å². The second-order valence-corrected chi connectivity index (χ2v) is 5.72. The lowest BCUT2D eigenvalue weighted by Crippen LogP contribution is -2.38. The highest BCUT2D eigenvalue weighted by molar-refractivity contribution is 5.96. The highest BCUT2D eigenvalue weighted by atomic mass is 16.3. The number of furan rings is 1. The molecule has 0 aliphatic heterocycles. The van der Waals surface area contributed by atoms with Gasteiger partial charge in [-0.3, -0.25) is 9.59 Å². The Labute approximate surface area is 136 Å². The summed E-state index contributed by atoms with van der Waals surface area (Å²) in [6.45, 7) is 7.55. The summed E-state index contributed by atoms with van der Waals surface area (Å²) in [5, 5.41) is 5.42. The van der Waals surface area contributed by atoms with Crippen LogP contribution >= 0.6 is 0 Å². The van der Waals surface area contributed by atoms with Crippen LogP contribution in [-0.2, 0) is 4.79 Å². The third-order valence-corrected chi connectivity index (χ3v) is 3.74. The molecule has 2 rings (SSSR count). The van der Waals surface area contributed by atoms with Crippen LogP contribution in [0.4, 0.5) is 0 Å². The molecule has 0 saturated carbocycles. The van der Waals surface area contributed by atoms with Crippen LogP contribution < -0.4 is 10.6 Å². The maximum Gasteiger partial charge on any atom is 0.251 e. The van der Waals surface area contributed by atoms with Gasteiger partial charge in [0.25, 0.3) is 5.91 Å². The molecule has 2 amide bonds. The third-order valence-electron chi connectivity index (χ3n) is 3.74. The summed E-state index contributed by atoms with van der Waals surface area (Å²) in [6, 6.07) is 8.90. The zero-order valence-electron chi connectivity index (χ0n) is 13.9. The van der Waals surface area contributed by atoms with Crippen molar-refractivity contribution in [2.75, 3.05) is 6.54 Å². The molecule has 0 aliphatic carbocycles. The lowest BCUT2D eigenvalue weighted by atomic mass is 10.1. The molecule has 1 unspecified atom stereocenters. The molecule has 2 N–H and O–H groups in total. The standard InChI is InChI=1S/C18H22N2O3/c1-11-5-7-15(9-12(11)2)18(22)19-10-17(21)20-14(4)16-8-6-13(3)23-16/h5-9,14H,10H2,1-4H3,(H,19,22)(H,20,21). The van der Waals surface area contributed by atoms with E-state index in [-0.39, 0.29) is 24.4 Å². The maximum absolute atomic E-state index is 12.1. The van der Waals surface area contributed by atoms with Gasteiger partial charge >= 0.3 is 0 Å². The number of carbonyl (C=O) groups is 2. The Hall–Kier alpha value is -2.56. The van der Waals surface area contributed by atoms with Crippen LogP contribution in [0.15, 0.2) is 34.7 Å². The van der Waals surface area contributed by atoms with Crippen molar-refractivity contribution < 1.29 is 14.0 Å². The lowest BCUT2D eigenvalue weighted by molar-refractivity contribution is -0.120. The van der Waals surface area contributed by atoms with Gasteiger partial charge in [-0.2, -0.15) is 0 Å². The second kappa shape index (κ2) is 7.13. The van der Waals surface area contributed by atoms with Crippen LogP contribution in [0.5, 0.6) is 0 Å².